The third kappa shape index (κ3) is 6.29. The van der Waals surface area contributed by atoms with Crippen LogP contribution in [0, 0.1) is 0 Å². The highest BCUT2D eigenvalue weighted by Crippen LogP contribution is 2.04. The van der Waals surface area contributed by atoms with Gasteiger partial charge in [-0.1, -0.05) is 31.2 Å². The van der Waals surface area contributed by atoms with Crippen LogP contribution in [0.2, 0.25) is 0 Å². The lowest BCUT2D eigenvalue weighted by atomic mass is 10.1. The maximum absolute atomic E-state index is 11.8. The summed E-state index contributed by atoms with van der Waals surface area (Å²) in [5.74, 6) is -1.15. The first-order valence-corrected chi connectivity index (χ1v) is 8.63. The summed E-state index contributed by atoms with van der Waals surface area (Å²) in [6, 6.07) is 8.01. The number of carbonyl (C=O) groups excluding carboxylic acids is 2. The van der Waals surface area contributed by atoms with Crippen molar-refractivity contribution in [2.45, 2.75) is 26.3 Å². The molecule has 1 saturated heterocycles. The van der Waals surface area contributed by atoms with Crippen molar-refractivity contribution in [1.82, 2.24) is 15.5 Å². The summed E-state index contributed by atoms with van der Waals surface area (Å²) in [5, 5.41) is 5.32. The summed E-state index contributed by atoms with van der Waals surface area (Å²) in [5.41, 5.74) is 2.24. The van der Waals surface area contributed by atoms with Gasteiger partial charge in [0, 0.05) is 26.2 Å². The normalized spacial score (nSPS) is 15.0. The Morgan fingerprint density at radius 1 is 1.04 bits per heavy atom. The lowest BCUT2D eigenvalue weighted by Gasteiger charge is -2.26. The molecule has 0 saturated carbocycles. The van der Waals surface area contributed by atoms with Crippen LogP contribution in [0.5, 0.6) is 0 Å². The Morgan fingerprint density at radius 3 is 2.33 bits per heavy atom. The molecule has 1 aliphatic heterocycles. The van der Waals surface area contributed by atoms with Gasteiger partial charge < -0.3 is 15.4 Å². The molecule has 2 rings (SSSR count). The number of ether oxygens (including phenoxy) is 1. The van der Waals surface area contributed by atoms with Gasteiger partial charge in [-0.25, -0.2) is 0 Å². The molecule has 1 heterocycles. The number of nitrogens with zero attached hydrogens (tertiary/aromatic N) is 1. The first kappa shape index (κ1) is 18.4. The lowest BCUT2D eigenvalue weighted by Crippen LogP contribution is -2.41. The van der Waals surface area contributed by atoms with Crippen molar-refractivity contribution >= 4 is 11.8 Å². The summed E-state index contributed by atoms with van der Waals surface area (Å²) in [6.45, 7) is 7.30. The monoisotopic (exact) mass is 333 g/mol. The first-order valence-electron chi connectivity index (χ1n) is 8.63. The molecular formula is C18H27N3O3. The van der Waals surface area contributed by atoms with Gasteiger partial charge in [-0.15, -0.1) is 0 Å². The molecule has 2 amide bonds. The Hall–Kier alpha value is -1.92. The van der Waals surface area contributed by atoms with Crippen LogP contribution in [0.25, 0.3) is 0 Å². The Labute approximate surface area is 143 Å². The topological polar surface area (TPSA) is 70.7 Å². The average Bonchev–Trinajstić information content (AvgIpc) is 2.64. The van der Waals surface area contributed by atoms with Crippen LogP contribution in [0.4, 0.5) is 0 Å². The smallest absolute Gasteiger partial charge is 0.309 e. The number of hydrogen-bond donors (Lipinski definition) is 2. The van der Waals surface area contributed by atoms with Gasteiger partial charge in [0.25, 0.3) is 0 Å². The molecule has 24 heavy (non-hydrogen) atoms. The SMILES string of the molecule is CCc1ccc(CNC(=O)C(=O)NCCCN2CCOCC2)cc1. The number of morpholine rings is 1. The number of hydrogen-bond acceptors (Lipinski definition) is 4. The van der Waals surface area contributed by atoms with Crippen LogP contribution < -0.4 is 10.6 Å². The minimum atomic E-state index is -0.582. The van der Waals surface area contributed by atoms with Crippen LogP contribution in [-0.4, -0.2) is 56.1 Å². The standard InChI is InChI=1S/C18H27N3O3/c1-2-15-4-6-16(7-5-15)14-20-18(23)17(22)19-8-3-9-21-10-12-24-13-11-21/h4-7H,2-3,8-14H2,1H3,(H,19,22)(H,20,23). The quantitative estimate of drug-likeness (QED) is 0.569. The van der Waals surface area contributed by atoms with Crippen molar-refractivity contribution in [3.8, 4) is 0 Å². The highest BCUT2D eigenvalue weighted by atomic mass is 16.5. The molecular weight excluding hydrogens is 306 g/mol. The van der Waals surface area contributed by atoms with E-state index in [1.165, 1.54) is 5.56 Å². The summed E-state index contributed by atoms with van der Waals surface area (Å²) < 4.78 is 5.29. The van der Waals surface area contributed by atoms with Crippen molar-refractivity contribution in [2.75, 3.05) is 39.4 Å². The summed E-state index contributed by atoms with van der Waals surface area (Å²) in [7, 11) is 0. The average molecular weight is 333 g/mol. The Bertz CT molecular complexity index is 525. The molecule has 1 aromatic rings. The zero-order valence-electron chi connectivity index (χ0n) is 14.3. The summed E-state index contributed by atoms with van der Waals surface area (Å²) in [6.07, 6.45) is 1.82. The van der Waals surface area contributed by atoms with Crippen LogP contribution >= 0.6 is 0 Å². The van der Waals surface area contributed by atoms with Crippen LogP contribution in [-0.2, 0) is 27.3 Å². The van der Waals surface area contributed by atoms with E-state index >= 15 is 0 Å². The van der Waals surface area contributed by atoms with E-state index < -0.39 is 11.8 Å². The van der Waals surface area contributed by atoms with Crippen molar-refractivity contribution in [1.29, 1.82) is 0 Å². The van der Waals surface area contributed by atoms with E-state index in [0.717, 1.165) is 51.3 Å². The van der Waals surface area contributed by atoms with E-state index in [4.69, 9.17) is 4.74 Å². The predicted octanol–water partition coefficient (Wildman–Crippen LogP) is 0.704. The second-order valence-electron chi connectivity index (χ2n) is 5.92. The molecule has 0 unspecified atom stereocenters. The Morgan fingerprint density at radius 2 is 1.67 bits per heavy atom. The number of aryl methyl sites for hydroxylation is 1. The highest BCUT2D eigenvalue weighted by Gasteiger charge is 2.13. The molecule has 0 bridgehead atoms. The molecule has 2 N–H and O–H groups in total. The molecule has 0 aromatic heterocycles. The highest BCUT2D eigenvalue weighted by molar-refractivity contribution is 6.35. The van der Waals surface area contributed by atoms with Gasteiger partial charge in [0.1, 0.15) is 0 Å². The molecule has 1 fully saturated rings. The number of nitrogens with one attached hydrogen (secondary N) is 2. The number of carbonyl (C=O) groups is 2. The van der Waals surface area contributed by atoms with Crippen LogP contribution in [0.1, 0.15) is 24.5 Å². The third-order valence-corrected chi connectivity index (χ3v) is 4.13. The van der Waals surface area contributed by atoms with Gasteiger partial charge >= 0.3 is 11.8 Å². The van der Waals surface area contributed by atoms with E-state index in [-0.39, 0.29) is 0 Å². The van der Waals surface area contributed by atoms with Gasteiger partial charge in [-0.3, -0.25) is 14.5 Å². The fourth-order valence-electron chi connectivity index (χ4n) is 2.57. The zero-order chi connectivity index (χ0) is 17.2. The summed E-state index contributed by atoms with van der Waals surface area (Å²) >= 11 is 0. The molecule has 0 atom stereocenters. The molecule has 1 aliphatic rings. The van der Waals surface area contributed by atoms with E-state index in [1.807, 2.05) is 24.3 Å². The molecule has 6 heteroatoms. The maximum atomic E-state index is 11.8. The third-order valence-electron chi connectivity index (χ3n) is 4.13. The van der Waals surface area contributed by atoms with E-state index in [9.17, 15) is 9.59 Å². The summed E-state index contributed by atoms with van der Waals surface area (Å²) in [4.78, 5) is 25.8. The second kappa shape index (κ2) is 10.1. The molecule has 6 nitrogen and oxygen atoms in total. The van der Waals surface area contributed by atoms with E-state index in [2.05, 4.69) is 22.5 Å². The first-order chi connectivity index (χ1) is 11.7. The van der Waals surface area contributed by atoms with Crippen molar-refractivity contribution in [3.63, 3.8) is 0 Å². The second-order valence-corrected chi connectivity index (χ2v) is 5.92. The minimum Gasteiger partial charge on any atom is -0.379 e. The van der Waals surface area contributed by atoms with E-state index in [0.29, 0.717) is 13.1 Å². The van der Waals surface area contributed by atoms with Crippen molar-refractivity contribution < 1.29 is 14.3 Å². The number of benzene rings is 1. The minimum absolute atomic E-state index is 0.365. The van der Waals surface area contributed by atoms with Crippen molar-refractivity contribution in [2.24, 2.45) is 0 Å². The molecule has 0 spiro atoms. The van der Waals surface area contributed by atoms with Gasteiger partial charge in [0.05, 0.1) is 13.2 Å². The predicted molar refractivity (Wildman–Crippen MR) is 92.6 cm³/mol. The Balaban J connectivity index is 1.59. The molecule has 1 aromatic carbocycles. The van der Waals surface area contributed by atoms with E-state index in [1.54, 1.807) is 0 Å². The largest absolute Gasteiger partial charge is 0.379 e. The Kier molecular flexibility index (Phi) is 7.71. The lowest BCUT2D eigenvalue weighted by molar-refractivity contribution is -0.139. The molecule has 0 radical (unpaired) electrons. The molecule has 132 valence electrons. The van der Waals surface area contributed by atoms with Gasteiger partial charge in [-0.2, -0.15) is 0 Å². The number of amides is 2. The van der Waals surface area contributed by atoms with Gasteiger partial charge in [-0.05, 0) is 30.5 Å². The van der Waals surface area contributed by atoms with Crippen LogP contribution in [0.3, 0.4) is 0 Å². The molecule has 0 aliphatic carbocycles. The van der Waals surface area contributed by atoms with Gasteiger partial charge in [0.2, 0.25) is 0 Å². The van der Waals surface area contributed by atoms with Crippen molar-refractivity contribution in [3.05, 3.63) is 35.4 Å². The van der Waals surface area contributed by atoms with Crippen LogP contribution in [0.15, 0.2) is 24.3 Å². The number of rotatable bonds is 7. The fourth-order valence-corrected chi connectivity index (χ4v) is 2.57. The fraction of sp³-hybridized carbons (Fsp3) is 0.556. The maximum Gasteiger partial charge on any atom is 0.309 e. The van der Waals surface area contributed by atoms with Gasteiger partial charge in [0.15, 0.2) is 0 Å². The zero-order valence-corrected chi connectivity index (χ0v) is 14.3.